The number of amides is 1. The van der Waals surface area contributed by atoms with Crippen molar-refractivity contribution in [2.45, 2.75) is 6.17 Å². The van der Waals surface area contributed by atoms with Crippen molar-refractivity contribution in [1.29, 1.82) is 0 Å². The summed E-state index contributed by atoms with van der Waals surface area (Å²) in [5.41, 5.74) is 5.11. The number of nitrogens with zero attached hydrogens (tertiary/aromatic N) is 1. The van der Waals surface area contributed by atoms with Crippen molar-refractivity contribution in [3.63, 3.8) is 0 Å². The van der Waals surface area contributed by atoms with E-state index in [2.05, 4.69) is 46.6 Å². The van der Waals surface area contributed by atoms with Gasteiger partial charge in [0.05, 0.1) is 11.3 Å². The van der Waals surface area contributed by atoms with Gasteiger partial charge in [0.2, 0.25) is 0 Å². The van der Waals surface area contributed by atoms with E-state index < -0.39 is 0 Å². The summed E-state index contributed by atoms with van der Waals surface area (Å²) in [5, 5.41) is 3.08. The third-order valence-electron chi connectivity index (χ3n) is 4.52. The number of benzene rings is 3. The third-order valence-corrected chi connectivity index (χ3v) is 4.52. The highest BCUT2D eigenvalue weighted by atomic mass is 16.2. The largest absolute Gasteiger partial charge is 0.350 e. The molecule has 0 spiro atoms. The lowest BCUT2D eigenvalue weighted by Gasteiger charge is -2.36. The molecular formula is C21H18N2O. The fraction of sp³-hybridized carbons (Fsp3) is 0.0952. The molecule has 3 nitrogen and oxygen atoms in total. The number of anilines is 1. The molecule has 1 heterocycles. The van der Waals surface area contributed by atoms with Crippen LogP contribution in [0.1, 0.15) is 22.1 Å². The Bertz CT molecular complexity index is 872. The van der Waals surface area contributed by atoms with Crippen LogP contribution < -0.4 is 10.2 Å². The standard InChI is InChI=1S/C21H18N2O/c1-23-19-10-6-5-9-18(19)21(24)22-20(23)17-13-11-16(12-14-17)15-7-3-2-4-8-15/h2-14,20H,1H3,(H,22,24). The van der Waals surface area contributed by atoms with E-state index in [1.165, 1.54) is 11.1 Å². The quantitative estimate of drug-likeness (QED) is 0.767. The molecule has 1 N–H and O–H groups in total. The van der Waals surface area contributed by atoms with Crippen molar-refractivity contribution in [3.8, 4) is 11.1 Å². The lowest BCUT2D eigenvalue weighted by molar-refractivity contribution is 0.0928. The van der Waals surface area contributed by atoms with Crippen LogP contribution in [0.3, 0.4) is 0 Å². The fourth-order valence-electron chi connectivity index (χ4n) is 3.21. The van der Waals surface area contributed by atoms with Crippen LogP contribution in [0.2, 0.25) is 0 Å². The lowest BCUT2D eigenvalue weighted by atomic mass is 10.0. The lowest BCUT2D eigenvalue weighted by Crippen LogP contribution is -2.44. The maximum atomic E-state index is 12.4. The molecule has 1 aliphatic heterocycles. The topological polar surface area (TPSA) is 32.3 Å². The molecule has 1 aliphatic rings. The molecule has 3 aromatic rings. The Hall–Kier alpha value is -3.07. The van der Waals surface area contributed by atoms with Crippen molar-refractivity contribution in [3.05, 3.63) is 90.0 Å². The predicted molar refractivity (Wildman–Crippen MR) is 96.9 cm³/mol. The zero-order chi connectivity index (χ0) is 16.5. The fourth-order valence-corrected chi connectivity index (χ4v) is 3.21. The van der Waals surface area contributed by atoms with Gasteiger partial charge in [-0.25, -0.2) is 0 Å². The molecule has 0 aliphatic carbocycles. The van der Waals surface area contributed by atoms with Gasteiger partial charge in [0, 0.05) is 7.05 Å². The molecule has 0 radical (unpaired) electrons. The summed E-state index contributed by atoms with van der Waals surface area (Å²) in [4.78, 5) is 14.5. The number of nitrogens with one attached hydrogen (secondary N) is 1. The normalized spacial score (nSPS) is 16.5. The smallest absolute Gasteiger partial charge is 0.255 e. The van der Waals surface area contributed by atoms with Crippen LogP contribution >= 0.6 is 0 Å². The molecule has 1 atom stereocenters. The van der Waals surface area contributed by atoms with Crippen LogP contribution in [0.25, 0.3) is 11.1 Å². The third kappa shape index (κ3) is 2.44. The maximum absolute atomic E-state index is 12.4. The summed E-state index contributed by atoms with van der Waals surface area (Å²) in [6.07, 6.45) is -0.155. The van der Waals surface area contributed by atoms with Gasteiger partial charge in [0.15, 0.2) is 0 Å². The van der Waals surface area contributed by atoms with Gasteiger partial charge in [0.25, 0.3) is 5.91 Å². The predicted octanol–water partition coefficient (Wildman–Crippen LogP) is 4.23. The second-order valence-corrected chi connectivity index (χ2v) is 5.99. The summed E-state index contributed by atoms with van der Waals surface area (Å²) >= 11 is 0. The SMILES string of the molecule is CN1c2ccccc2C(=O)NC1c1ccc(-c2ccccc2)cc1. The number of fused-ring (bicyclic) bond motifs is 1. The number of rotatable bonds is 2. The minimum atomic E-state index is -0.155. The summed E-state index contributed by atoms with van der Waals surface area (Å²) in [6, 6.07) is 26.3. The van der Waals surface area contributed by atoms with Crippen molar-refractivity contribution >= 4 is 11.6 Å². The van der Waals surface area contributed by atoms with E-state index >= 15 is 0 Å². The monoisotopic (exact) mass is 314 g/mol. The summed E-state index contributed by atoms with van der Waals surface area (Å²) in [5.74, 6) is -0.0270. The van der Waals surface area contributed by atoms with Crippen LogP contribution in [-0.4, -0.2) is 13.0 Å². The van der Waals surface area contributed by atoms with E-state index in [0.29, 0.717) is 0 Å². The number of para-hydroxylation sites is 1. The van der Waals surface area contributed by atoms with Gasteiger partial charge in [-0.05, 0) is 28.8 Å². The van der Waals surface area contributed by atoms with Crippen molar-refractivity contribution in [1.82, 2.24) is 5.32 Å². The van der Waals surface area contributed by atoms with Gasteiger partial charge in [-0.2, -0.15) is 0 Å². The number of carbonyl (C=O) groups is 1. The van der Waals surface area contributed by atoms with E-state index in [9.17, 15) is 4.79 Å². The molecule has 4 rings (SSSR count). The Balaban J connectivity index is 1.66. The van der Waals surface area contributed by atoms with Crippen LogP contribution in [-0.2, 0) is 0 Å². The Morgan fingerprint density at radius 1 is 0.792 bits per heavy atom. The first kappa shape index (κ1) is 14.5. The van der Waals surface area contributed by atoms with Gasteiger partial charge < -0.3 is 10.2 Å². The first-order chi connectivity index (χ1) is 11.7. The van der Waals surface area contributed by atoms with Gasteiger partial charge in [-0.3, -0.25) is 4.79 Å². The van der Waals surface area contributed by atoms with Gasteiger partial charge in [-0.15, -0.1) is 0 Å². The molecule has 0 saturated heterocycles. The highest BCUT2D eigenvalue weighted by Gasteiger charge is 2.28. The van der Waals surface area contributed by atoms with Gasteiger partial charge in [-0.1, -0.05) is 66.7 Å². The highest BCUT2D eigenvalue weighted by Crippen LogP contribution is 2.32. The molecule has 0 aromatic heterocycles. The van der Waals surface area contributed by atoms with Crippen molar-refractivity contribution in [2.24, 2.45) is 0 Å². The Kier molecular flexibility index (Phi) is 3.54. The molecule has 118 valence electrons. The van der Waals surface area contributed by atoms with Gasteiger partial charge in [0.1, 0.15) is 6.17 Å². The van der Waals surface area contributed by atoms with Gasteiger partial charge >= 0.3 is 0 Å². The minimum Gasteiger partial charge on any atom is -0.350 e. The molecule has 3 heteroatoms. The highest BCUT2D eigenvalue weighted by molar-refractivity contribution is 6.02. The molecule has 1 unspecified atom stereocenters. The number of hydrogen-bond acceptors (Lipinski definition) is 2. The average Bonchev–Trinajstić information content (AvgIpc) is 2.66. The van der Waals surface area contributed by atoms with Crippen LogP contribution in [0.5, 0.6) is 0 Å². The Morgan fingerprint density at radius 3 is 2.17 bits per heavy atom. The van der Waals surface area contributed by atoms with Crippen LogP contribution in [0.15, 0.2) is 78.9 Å². The van der Waals surface area contributed by atoms with E-state index in [-0.39, 0.29) is 12.1 Å². The molecule has 0 bridgehead atoms. The minimum absolute atomic E-state index is 0.0270. The molecule has 0 fully saturated rings. The number of hydrogen-bond donors (Lipinski definition) is 1. The second kappa shape index (κ2) is 5.85. The molecule has 24 heavy (non-hydrogen) atoms. The van der Waals surface area contributed by atoms with E-state index in [0.717, 1.165) is 16.8 Å². The Morgan fingerprint density at radius 2 is 1.42 bits per heavy atom. The average molecular weight is 314 g/mol. The first-order valence-corrected chi connectivity index (χ1v) is 8.02. The van der Waals surface area contributed by atoms with Crippen LogP contribution in [0.4, 0.5) is 5.69 Å². The molecule has 3 aromatic carbocycles. The second-order valence-electron chi connectivity index (χ2n) is 5.99. The summed E-state index contributed by atoms with van der Waals surface area (Å²) in [6.45, 7) is 0. The molecular weight excluding hydrogens is 296 g/mol. The zero-order valence-electron chi connectivity index (χ0n) is 13.4. The van der Waals surface area contributed by atoms with E-state index in [4.69, 9.17) is 0 Å². The van der Waals surface area contributed by atoms with E-state index in [1.807, 2.05) is 49.5 Å². The van der Waals surface area contributed by atoms with Crippen molar-refractivity contribution in [2.75, 3.05) is 11.9 Å². The Labute approximate surface area is 141 Å². The number of carbonyl (C=O) groups excluding carboxylic acids is 1. The maximum Gasteiger partial charge on any atom is 0.255 e. The summed E-state index contributed by atoms with van der Waals surface area (Å²) in [7, 11) is 2.01. The summed E-state index contributed by atoms with van der Waals surface area (Å²) < 4.78 is 0. The first-order valence-electron chi connectivity index (χ1n) is 8.02. The zero-order valence-corrected chi connectivity index (χ0v) is 13.4. The van der Waals surface area contributed by atoms with Crippen LogP contribution in [0, 0.1) is 0 Å². The molecule has 1 amide bonds. The molecule has 0 saturated carbocycles. The van der Waals surface area contributed by atoms with E-state index in [1.54, 1.807) is 0 Å². The van der Waals surface area contributed by atoms with Crippen molar-refractivity contribution < 1.29 is 4.79 Å².